The maximum absolute atomic E-state index is 12.1. The molecular formula is C7H9ClF3N3S. The van der Waals surface area contributed by atoms with Crippen molar-refractivity contribution in [2.45, 2.75) is 24.9 Å². The lowest BCUT2D eigenvalue weighted by Gasteiger charge is -2.02. The van der Waals surface area contributed by atoms with Gasteiger partial charge in [0.05, 0.1) is 0 Å². The van der Waals surface area contributed by atoms with Crippen LogP contribution in [0.3, 0.4) is 0 Å². The molecule has 1 N–H and O–H groups in total. The Labute approximate surface area is 93.7 Å². The van der Waals surface area contributed by atoms with E-state index in [0.717, 1.165) is 0 Å². The molecule has 3 nitrogen and oxygen atoms in total. The first-order chi connectivity index (χ1) is 6.89. The summed E-state index contributed by atoms with van der Waals surface area (Å²) in [6.45, 7) is 2.29. The molecule has 1 aromatic heterocycles. The summed E-state index contributed by atoms with van der Waals surface area (Å²) in [7, 11) is 0. The lowest BCUT2D eigenvalue weighted by molar-refractivity contribution is -0.138. The predicted octanol–water partition coefficient (Wildman–Crippen LogP) is 2.99. The van der Waals surface area contributed by atoms with Gasteiger partial charge in [0.15, 0.2) is 0 Å². The molecule has 0 aliphatic carbocycles. The maximum Gasteiger partial charge on any atom is 0.445 e. The van der Waals surface area contributed by atoms with Gasteiger partial charge in [0, 0.05) is 11.9 Å². The molecule has 1 unspecified atom stereocenters. The molecule has 0 saturated carbocycles. The summed E-state index contributed by atoms with van der Waals surface area (Å²) >= 11 is 6.16. The van der Waals surface area contributed by atoms with Gasteiger partial charge in [-0.3, -0.25) is 0 Å². The highest BCUT2D eigenvalue weighted by molar-refractivity contribution is 7.15. The van der Waals surface area contributed by atoms with Crippen molar-refractivity contribution >= 4 is 28.1 Å². The normalized spacial score (nSPS) is 13.9. The number of nitrogens with one attached hydrogen (secondary N) is 1. The molecule has 0 bridgehead atoms. The lowest BCUT2D eigenvalue weighted by Crippen LogP contribution is -2.05. The molecule has 86 valence electrons. The molecule has 0 saturated heterocycles. The van der Waals surface area contributed by atoms with Gasteiger partial charge in [0.25, 0.3) is 0 Å². The lowest BCUT2D eigenvalue weighted by atomic mass is 10.3. The number of hydrogen-bond donors (Lipinski definition) is 1. The minimum Gasteiger partial charge on any atom is -0.360 e. The summed E-state index contributed by atoms with van der Waals surface area (Å²) in [6, 6.07) is 0. The van der Waals surface area contributed by atoms with Crippen molar-refractivity contribution in [3.63, 3.8) is 0 Å². The first-order valence-corrected chi connectivity index (χ1v) is 5.43. The van der Waals surface area contributed by atoms with Crippen molar-refractivity contribution < 1.29 is 13.2 Å². The zero-order valence-electron chi connectivity index (χ0n) is 7.81. The highest BCUT2D eigenvalue weighted by Crippen LogP contribution is 2.32. The second-order valence-corrected chi connectivity index (χ2v) is 4.63. The second kappa shape index (κ2) is 4.98. The first kappa shape index (κ1) is 12.5. The van der Waals surface area contributed by atoms with Gasteiger partial charge in [-0.15, -0.1) is 21.8 Å². The fourth-order valence-electron chi connectivity index (χ4n) is 0.787. The Hall–Kier alpha value is -0.560. The van der Waals surface area contributed by atoms with Crippen LogP contribution in [0.2, 0.25) is 0 Å². The third-order valence-corrected chi connectivity index (χ3v) is 2.63. The molecule has 0 amide bonds. The van der Waals surface area contributed by atoms with Crippen molar-refractivity contribution in [1.29, 1.82) is 0 Å². The van der Waals surface area contributed by atoms with Crippen molar-refractivity contribution in [1.82, 2.24) is 10.2 Å². The summed E-state index contributed by atoms with van der Waals surface area (Å²) in [5.74, 6) is 0. The van der Waals surface area contributed by atoms with Crippen LogP contribution in [0, 0.1) is 0 Å². The summed E-state index contributed by atoms with van der Waals surface area (Å²) in [5.41, 5.74) is 0. The topological polar surface area (TPSA) is 37.8 Å². The highest BCUT2D eigenvalue weighted by atomic mass is 35.5. The van der Waals surface area contributed by atoms with E-state index in [2.05, 4.69) is 15.5 Å². The fraction of sp³-hybridized carbons (Fsp3) is 0.714. The van der Waals surface area contributed by atoms with Gasteiger partial charge in [0.1, 0.15) is 0 Å². The third kappa shape index (κ3) is 4.21. The van der Waals surface area contributed by atoms with E-state index in [1.54, 1.807) is 0 Å². The van der Waals surface area contributed by atoms with Crippen LogP contribution in [0.25, 0.3) is 0 Å². The fourth-order valence-corrected chi connectivity index (χ4v) is 1.53. The van der Waals surface area contributed by atoms with Crippen LogP contribution < -0.4 is 5.32 Å². The van der Waals surface area contributed by atoms with E-state index in [-0.39, 0.29) is 10.5 Å². The van der Waals surface area contributed by atoms with Crippen molar-refractivity contribution in [2.75, 3.05) is 11.9 Å². The number of anilines is 1. The Kier molecular flexibility index (Phi) is 4.15. The van der Waals surface area contributed by atoms with E-state index in [4.69, 9.17) is 11.6 Å². The molecule has 0 aliphatic rings. The maximum atomic E-state index is 12.1. The Morgan fingerprint density at radius 1 is 1.47 bits per heavy atom. The van der Waals surface area contributed by atoms with E-state index >= 15 is 0 Å². The van der Waals surface area contributed by atoms with Gasteiger partial charge in [0.2, 0.25) is 10.1 Å². The Morgan fingerprint density at radius 2 is 2.13 bits per heavy atom. The highest BCUT2D eigenvalue weighted by Gasteiger charge is 2.35. The molecule has 0 aromatic carbocycles. The molecule has 0 aliphatic heterocycles. The van der Waals surface area contributed by atoms with Gasteiger partial charge in [-0.1, -0.05) is 11.3 Å². The van der Waals surface area contributed by atoms with E-state index in [1.165, 1.54) is 0 Å². The summed E-state index contributed by atoms with van der Waals surface area (Å²) in [4.78, 5) is 0. The molecule has 0 spiro atoms. The van der Waals surface area contributed by atoms with Crippen LogP contribution in [-0.4, -0.2) is 22.1 Å². The molecule has 8 heteroatoms. The molecule has 1 heterocycles. The first-order valence-electron chi connectivity index (χ1n) is 4.18. The number of hydrogen-bond acceptors (Lipinski definition) is 4. The van der Waals surface area contributed by atoms with Gasteiger partial charge in [-0.2, -0.15) is 13.2 Å². The van der Waals surface area contributed by atoms with Crippen LogP contribution in [0.15, 0.2) is 0 Å². The van der Waals surface area contributed by atoms with Gasteiger partial charge >= 0.3 is 6.18 Å². The zero-order chi connectivity index (χ0) is 11.5. The summed E-state index contributed by atoms with van der Waals surface area (Å²) in [6.07, 6.45) is -3.76. The van der Waals surface area contributed by atoms with Crippen molar-refractivity contribution in [3.05, 3.63) is 5.01 Å². The number of nitrogens with zero attached hydrogens (tertiary/aromatic N) is 2. The Balaban J connectivity index is 2.47. The average Bonchev–Trinajstić information content (AvgIpc) is 2.51. The Bertz CT molecular complexity index is 313. The second-order valence-electron chi connectivity index (χ2n) is 2.91. The standard InChI is InChI=1S/C7H9ClF3N3S/c1-4(8)2-3-12-6-14-13-5(15-6)7(9,10)11/h4H,2-3H2,1H3,(H,12,14). The van der Waals surface area contributed by atoms with E-state index in [9.17, 15) is 13.2 Å². The number of rotatable bonds is 4. The molecule has 1 rings (SSSR count). The predicted molar refractivity (Wildman–Crippen MR) is 53.3 cm³/mol. The molecular weight excluding hydrogens is 251 g/mol. The largest absolute Gasteiger partial charge is 0.445 e. The SMILES string of the molecule is CC(Cl)CCNc1nnc(C(F)(F)F)s1. The van der Waals surface area contributed by atoms with Crippen LogP contribution >= 0.6 is 22.9 Å². The van der Waals surface area contributed by atoms with Gasteiger partial charge in [-0.25, -0.2) is 0 Å². The summed E-state index contributed by atoms with van der Waals surface area (Å²) in [5, 5.41) is 8.34. The van der Waals surface area contributed by atoms with Crippen molar-refractivity contribution in [3.8, 4) is 0 Å². The average molecular weight is 260 g/mol. The van der Waals surface area contributed by atoms with Crippen LogP contribution in [-0.2, 0) is 6.18 Å². The quantitative estimate of drug-likeness (QED) is 0.845. The van der Waals surface area contributed by atoms with Crippen LogP contribution in [0.4, 0.5) is 18.3 Å². The van der Waals surface area contributed by atoms with Crippen molar-refractivity contribution in [2.24, 2.45) is 0 Å². The molecule has 15 heavy (non-hydrogen) atoms. The zero-order valence-corrected chi connectivity index (χ0v) is 9.38. The van der Waals surface area contributed by atoms with E-state index in [1.807, 2.05) is 6.92 Å². The third-order valence-electron chi connectivity index (χ3n) is 1.49. The van der Waals surface area contributed by atoms with E-state index in [0.29, 0.717) is 24.3 Å². The molecule has 0 fully saturated rings. The molecule has 1 aromatic rings. The van der Waals surface area contributed by atoms with Crippen LogP contribution in [0.1, 0.15) is 18.4 Å². The smallest absolute Gasteiger partial charge is 0.360 e. The number of halogens is 4. The minimum absolute atomic E-state index is 0.0208. The molecule has 1 atom stereocenters. The summed E-state index contributed by atoms with van der Waals surface area (Å²) < 4.78 is 36.3. The number of alkyl halides is 4. The minimum atomic E-state index is -4.42. The molecule has 0 radical (unpaired) electrons. The number of aromatic nitrogens is 2. The van der Waals surface area contributed by atoms with Gasteiger partial charge in [-0.05, 0) is 13.3 Å². The van der Waals surface area contributed by atoms with Gasteiger partial charge < -0.3 is 5.32 Å². The van der Waals surface area contributed by atoms with E-state index < -0.39 is 11.2 Å². The Morgan fingerprint density at radius 3 is 2.60 bits per heavy atom. The monoisotopic (exact) mass is 259 g/mol. The van der Waals surface area contributed by atoms with Crippen LogP contribution in [0.5, 0.6) is 0 Å².